The van der Waals surface area contributed by atoms with Crippen molar-refractivity contribution in [3.8, 4) is 0 Å². The summed E-state index contributed by atoms with van der Waals surface area (Å²) in [5, 5.41) is 19.8. The second kappa shape index (κ2) is 5.13. The number of hydrogen-bond donors (Lipinski definition) is 2. The summed E-state index contributed by atoms with van der Waals surface area (Å²) in [5.41, 5.74) is 0.832. The van der Waals surface area contributed by atoms with E-state index in [-0.39, 0.29) is 16.4 Å². The molecule has 1 aromatic heterocycles. The molecule has 0 atom stereocenters. The Morgan fingerprint density at radius 2 is 1.95 bits per heavy atom. The molecule has 0 fully saturated rings. The lowest BCUT2D eigenvalue weighted by Gasteiger charge is -2.10. The lowest BCUT2D eigenvalue weighted by Crippen LogP contribution is -2.17. The standard InChI is InChI=1S/C11H13N5O4S/c1-6-4-7(2)9(5-8(6)10(17)18)21(19,20)14-11-12-15-16(3)13-11/h4-5H,1-3H3,(H,13,14)(H,17,18). The van der Waals surface area contributed by atoms with Gasteiger partial charge in [0.05, 0.1) is 17.5 Å². The highest BCUT2D eigenvalue weighted by Gasteiger charge is 2.22. The Morgan fingerprint density at radius 1 is 1.29 bits per heavy atom. The first-order valence-corrected chi connectivity index (χ1v) is 7.30. The van der Waals surface area contributed by atoms with E-state index in [4.69, 9.17) is 5.11 Å². The number of anilines is 1. The van der Waals surface area contributed by atoms with Gasteiger partial charge in [-0.05, 0) is 36.3 Å². The van der Waals surface area contributed by atoms with Crippen molar-refractivity contribution in [2.75, 3.05) is 4.72 Å². The first kappa shape index (κ1) is 14.9. The van der Waals surface area contributed by atoms with Crippen LogP contribution in [0.2, 0.25) is 0 Å². The Balaban J connectivity index is 2.49. The fourth-order valence-corrected chi connectivity index (χ4v) is 3.04. The molecule has 0 aliphatic rings. The van der Waals surface area contributed by atoms with Gasteiger partial charge in [-0.15, -0.1) is 5.10 Å². The van der Waals surface area contributed by atoms with E-state index < -0.39 is 16.0 Å². The molecule has 0 unspecified atom stereocenters. The number of nitrogens with zero attached hydrogens (tertiary/aromatic N) is 4. The molecular formula is C11H13N5O4S. The van der Waals surface area contributed by atoms with Crippen LogP contribution in [0.5, 0.6) is 0 Å². The summed E-state index contributed by atoms with van der Waals surface area (Å²) >= 11 is 0. The summed E-state index contributed by atoms with van der Waals surface area (Å²) in [6.45, 7) is 3.18. The number of benzene rings is 1. The number of tetrazole rings is 1. The summed E-state index contributed by atoms with van der Waals surface area (Å²) < 4.78 is 26.7. The molecule has 0 aliphatic carbocycles. The number of hydrogen-bond acceptors (Lipinski definition) is 6. The number of aromatic carboxylic acids is 1. The highest BCUT2D eigenvalue weighted by molar-refractivity contribution is 7.92. The molecule has 2 N–H and O–H groups in total. The van der Waals surface area contributed by atoms with Crippen molar-refractivity contribution in [2.45, 2.75) is 18.7 Å². The van der Waals surface area contributed by atoms with Crippen LogP contribution in [-0.2, 0) is 17.1 Å². The molecule has 1 aromatic carbocycles. The molecule has 0 saturated carbocycles. The van der Waals surface area contributed by atoms with E-state index >= 15 is 0 Å². The molecule has 0 saturated heterocycles. The number of rotatable bonds is 4. The number of carboxylic acids is 1. The molecule has 2 aromatic rings. The zero-order chi connectivity index (χ0) is 15.8. The third-order valence-electron chi connectivity index (χ3n) is 2.78. The fraction of sp³-hybridized carbons (Fsp3) is 0.273. The summed E-state index contributed by atoms with van der Waals surface area (Å²) in [7, 11) is -2.50. The summed E-state index contributed by atoms with van der Waals surface area (Å²) in [6.07, 6.45) is 0. The molecule has 0 aliphatic heterocycles. The molecule has 2 rings (SSSR count). The minimum Gasteiger partial charge on any atom is -0.478 e. The quantitative estimate of drug-likeness (QED) is 0.832. The lowest BCUT2D eigenvalue weighted by molar-refractivity contribution is 0.0696. The molecule has 0 amide bonds. The molecule has 0 bridgehead atoms. The van der Waals surface area contributed by atoms with Gasteiger partial charge < -0.3 is 5.11 Å². The highest BCUT2D eigenvalue weighted by Crippen LogP contribution is 2.22. The highest BCUT2D eigenvalue weighted by atomic mass is 32.2. The summed E-state index contributed by atoms with van der Waals surface area (Å²) in [4.78, 5) is 12.1. The SMILES string of the molecule is Cc1cc(C)c(S(=O)(=O)Nc2nnn(C)n2)cc1C(=O)O. The van der Waals surface area contributed by atoms with Crippen molar-refractivity contribution in [3.63, 3.8) is 0 Å². The minimum absolute atomic E-state index is 0.0759. The first-order chi connectivity index (χ1) is 9.70. The van der Waals surface area contributed by atoms with Crippen LogP contribution < -0.4 is 4.72 Å². The van der Waals surface area contributed by atoms with Crippen molar-refractivity contribution in [1.29, 1.82) is 0 Å². The molecule has 0 radical (unpaired) electrons. The van der Waals surface area contributed by atoms with Crippen LogP contribution in [0.25, 0.3) is 0 Å². The number of nitrogens with one attached hydrogen (secondary N) is 1. The minimum atomic E-state index is -4.00. The van der Waals surface area contributed by atoms with Crippen molar-refractivity contribution >= 4 is 21.9 Å². The number of sulfonamides is 1. The van der Waals surface area contributed by atoms with Gasteiger partial charge in [0, 0.05) is 0 Å². The second-order valence-corrected chi connectivity index (χ2v) is 6.10. The predicted octanol–water partition coefficient (Wildman–Crippen LogP) is 0.326. The maximum absolute atomic E-state index is 12.3. The van der Waals surface area contributed by atoms with Crippen molar-refractivity contribution in [3.05, 3.63) is 28.8 Å². The van der Waals surface area contributed by atoms with Crippen molar-refractivity contribution in [1.82, 2.24) is 20.2 Å². The van der Waals surface area contributed by atoms with E-state index in [0.29, 0.717) is 11.1 Å². The van der Waals surface area contributed by atoms with Gasteiger partial charge in [0.25, 0.3) is 16.0 Å². The van der Waals surface area contributed by atoms with Crippen molar-refractivity contribution < 1.29 is 18.3 Å². The Morgan fingerprint density at radius 3 is 2.48 bits per heavy atom. The van der Waals surface area contributed by atoms with Gasteiger partial charge in [0.1, 0.15) is 0 Å². The fourth-order valence-electron chi connectivity index (χ4n) is 1.85. The Labute approximate surface area is 120 Å². The monoisotopic (exact) mass is 311 g/mol. The second-order valence-electron chi connectivity index (χ2n) is 4.45. The van der Waals surface area contributed by atoms with Gasteiger partial charge in [-0.25, -0.2) is 17.9 Å². The van der Waals surface area contributed by atoms with Gasteiger partial charge in [0.2, 0.25) is 0 Å². The zero-order valence-electron chi connectivity index (χ0n) is 11.5. The van der Waals surface area contributed by atoms with E-state index in [2.05, 4.69) is 20.1 Å². The van der Waals surface area contributed by atoms with Gasteiger partial charge >= 0.3 is 5.97 Å². The van der Waals surface area contributed by atoms with Gasteiger partial charge in [0.15, 0.2) is 0 Å². The van der Waals surface area contributed by atoms with Gasteiger partial charge in [-0.1, -0.05) is 11.2 Å². The van der Waals surface area contributed by atoms with Crippen LogP contribution in [0, 0.1) is 13.8 Å². The molecule has 112 valence electrons. The van der Waals surface area contributed by atoms with Gasteiger partial charge in [-0.3, -0.25) is 0 Å². The average Bonchev–Trinajstić information content (AvgIpc) is 2.72. The lowest BCUT2D eigenvalue weighted by atomic mass is 10.1. The van der Waals surface area contributed by atoms with Crippen LogP contribution in [-0.4, -0.2) is 39.7 Å². The van der Waals surface area contributed by atoms with Crippen LogP contribution in [0.1, 0.15) is 21.5 Å². The Bertz CT molecular complexity index is 812. The molecule has 10 heteroatoms. The van der Waals surface area contributed by atoms with Gasteiger partial charge in [-0.2, -0.15) is 4.80 Å². The smallest absolute Gasteiger partial charge is 0.335 e. The van der Waals surface area contributed by atoms with Crippen LogP contribution in [0.15, 0.2) is 17.0 Å². The van der Waals surface area contributed by atoms with E-state index in [9.17, 15) is 13.2 Å². The van der Waals surface area contributed by atoms with Crippen LogP contribution >= 0.6 is 0 Å². The summed E-state index contributed by atoms with van der Waals surface area (Å²) in [5.74, 6) is -1.38. The normalized spacial score (nSPS) is 11.4. The maximum Gasteiger partial charge on any atom is 0.335 e. The first-order valence-electron chi connectivity index (χ1n) is 5.82. The number of aromatic nitrogens is 4. The number of carboxylic acid groups (broad SMARTS) is 1. The van der Waals surface area contributed by atoms with Crippen LogP contribution in [0.4, 0.5) is 5.95 Å². The number of aryl methyl sites for hydroxylation is 3. The van der Waals surface area contributed by atoms with Crippen LogP contribution in [0.3, 0.4) is 0 Å². The van der Waals surface area contributed by atoms with Crippen molar-refractivity contribution in [2.24, 2.45) is 7.05 Å². The summed E-state index contributed by atoms with van der Waals surface area (Å²) in [6, 6.07) is 2.62. The molecule has 1 heterocycles. The third kappa shape index (κ3) is 2.99. The number of carbonyl (C=O) groups is 1. The molecule has 21 heavy (non-hydrogen) atoms. The predicted molar refractivity (Wildman–Crippen MR) is 72.5 cm³/mol. The third-order valence-corrected chi connectivity index (χ3v) is 4.25. The zero-order valence-corrected chi connectivity index (χ0v) is 12.3. The molecular weight excluding hydrogens is 298 g/mol. The Kier molecular flexibility index (Phi) is 3.64. The molecule has 0 spiro atoms. The molecule has 9 nitrogen and oxygen atoms in total. The largest absolute Gasteiger partial charge is 0.478 e. The topological polar surface area (TPSA) is 127 Å². The average molecular weight is 311 g/mol. The van der Waals surface area contributed by atoms with E-state index in [1.54, 1.807) is 13.8 Å². The maximum atomic E-state index is 12.3. The van der Waals surface area contributed by atoms with E-state index in [1.807, 2.05) is 0 Å². The van der Waals surface area contributed by atoms with E-state index in [1.165, 1.54) is 13.1 Å². The Hall–Kier alpha value is -2.49. The van der Waals surface area contributed by atoms with E-state index in [0.717, 1.165) is 10.9 Å².